The SMILES string of the molecule is O=c1nc[nH]c2nc[nH]c12.[NaH].[NaH]. The zero-order chi connectivity index (χ0) is 6.97. The molecule has 0 amide bonds. The van der Waals surface area contributed by atoms with Crippen molar-refractivity contribution in [2.24, 2.45) is 0 Å². The maximum absolute atomic E-state index is 10.8. The summed E-state index contributed by atoms with van der Waals surface area (Å²) in [5.74, 6) is 0. The van der Waals surface area contributed by atoms with Crippen LogP contribution in [0.25, 0.3) is 11.2 Å². The van der Waals surface area contributed by atoms with Crippen molar-refractivity contribution in [1.29, 1.82) is 0 Å². The molecule has 2 aromatic rings. The van der Waals surface area contributed by atoms with Gasteiger partial charge in [0.2, 0.25) is 0 Å². The predicted molar refractivity (Wildman–Crippen MR) is 48.8 cm³/mol. The quantitative estimate of drug-likeness (QED) is 0.482. The van der Waals surface area contributed by atoms with Crippen LogP contribution in [0.1, 0.15) is 0 Å². The number of aromatic nitrogens is 4. The normalized spacial score (nSPS) is 8.67. The fraction of sp³-hybridized carbons (Fsp3) is 0. The molecule has 0 bridgehead atoms. The van der Waals surface area contributed by atoms with Crippen LogP contribution in [0.2, 0.25) is 0 Å². The van der Waals surface area contributed by atoms with Gasteiger partial charge in [-0.05, 0) is 0 Å². The van der Waals surface area contributed by atoms with E-state index in [9.17, 15) is 4.79 Å². The third kappa shape index (κ3) is 2.18. The standard InChI is InChI=1S/C5H4N4O.2Na.2H/c10-5-3-4(7-1-6-3)8-2-9-5;;;;/h1-2H,(H2,6,7,8,9,10);;;;. The van der Waals surface area contributed by atoms with Crippen molar-refractivity contribution in [1.82, 2.24) is 19.9 Å². The van der Waals surface area contributed by atoms with Crippen LogP contribution >= 0.6 is 0 Å². The van der Waals surface area contributed by atoms with Gasteiger partial charge in [0.1, 0.15) is 0 Å². The van der Waals surface area contributed by atoms with Crippen LogP contribution in [-0.4, -0.2) is 79.1 Å². The number of hydrogen-bond donors (Lipinski definition) is 2. The topological polar surface area (TPSA) is 74.4 Å². The van der Waals surface area contributed by atoms with E-state index in [1.807, 2.05) is 0 Å². The summed E-state index contributed by atoms with van der Waals surface area (Å²) < 4.78 is 0. The average Bonchev–Trinajstić information content (AvgIpc) is 2.36. The Morgan fingerprint density at radius 3 is 2.42 bits per heavy atom. The Morgan fingerprint density at radius 2 is 1.75 bits per heavy atom. The first-order valence-corrected chi connectivity index (χ1v) is 2.75. The number of aromatic amines is 2. The molecule has 0 aromatic carbocycles. The number of rotatable bonds is 0. The molecule has 0 unspecified atom stereocenters. The van der Waals surface area contributed by atoms with E-state index < -0.39 is 0 Å². The van der Waals surface area contributed by atoms with Crippen molar-refractivity contribution in [2.45, 2.75) is 0 Å². The van der Waals surface area contributed by atoms with Gasteiger partial charge in [-0.2, -0.15) is 4.98 Å². The third-order valence-electron chi connectivity index (χ3n) is 1.24. The molecule has 0 aliphatic rings. The first kappa shape index (κ1) is 12.3. The van der Waals surface area contributed by atoms with Crippen LogP contribution in [-0.2, 0) is 0 Å². The molecule has 2 rings (SSSR count). The van der Waals surface area contributed by atoms with Gasteiger partial charge >= 0.3 is 59.1 Å². The molecule has 7 heteroatoms. The van der Waals surface area contributed by atoms with Crippen LogP contribution in [0.4, 0.5) is 0 Å². The van der Waals surface area contributed by atoms with Gasteiger partial charge in [0.25, 0.3) is 5.56 Å². The van der Waals surface area contributed by atoms with Gasteiger partial charge in [0, 0.05) is 0 Å². The molecular formula is C5H6N4Na2O. The summed E-state index contributed by atoms with van der Waals surface area (Å²) >= 11 is 0. The molecular weight excluding hydrogens is 178 g/mol. The summed E-state index contributed by atoms with van der Waals surface area (Å²) in [7, 11) is 0. The van der Waals surface area contributed by atoms with Gasteiger partial charge in [0.05, 0.1) is 12.7 Å². The van der Waals surface area contributed by atoms with Gasteiger partial charge < -0.3 is 9.97 Å². The summed E-state index contributed by atoms with van der Waals surface area (Å²) in [5, 5.41) is 0. The van der Waals surface area contributed by atoms with Gasteiger partial charge in [-0.25, -0.2) is 4.98 Å². The number of fused-ring (bicyclic) bond motifs is 1. The molecule has 0 aliphatic carbocycles. The van der Waals surface area contributed by atoms with E-state index in [0.717, 1.165) is 0 Å². The van der Waals surface area contributed by atoms with Crippen molar-refractivity contribution in [3.05, 3.63) is 23.0 Å². The van der Waals surface area contributed by atoms with Crippen LogP contribution in [0.15, 0.2) is 17.4 Å². The number of imidazole rings is 1. The molecule has 5 nitrogen and oxygen atoms in total. The molecule has 2 aromatic heterocycles. The molecule has 0 atom stereocenters. The number of nitrogens with one attached hydrogen (secondary N) is 2. The van der Waals surface area contributed by atoms with E-state index in [-0.39, 0.29) is 64.7 Å². The molecule has 0 radical (unpaired) electrons. The Morgan fingerprint density at radius 1 is 1.08 bits per heavy atom. The van der Waals surface area contributed by atoms with Crippen LogP contribution < -0.4 is 5.56 Å². The second-order valence-corrected chi connectivity index (χ2v) is 1.83. The molecule has 2 N–H and O–H groups in total. The predicted octanol–water partition coefficient (Wildman–Crippen LogP) is -1.65. The molecule has 2 heterocycles. The van der Waals surface area contributed by atoms with Crippen molar-refractivity contribution < 1.29 is 0 Å². The minimum atomic E-state index is -0.286. The zero-order valence-electron chi connectivity index (χ0n) is 4.96. The van der Waals surface area contributed by atoms with Crippen LogP contribution in [0.5, 0.6) is 0 Å². The van der Waals surface area contributed by atoms with Gasteiger partial charge in [-0.1, -0.05) is 0 Å². The van der Waals surface area contributed by atoms with Gasteiger partial charge in [-0.3, -0.25) is 4.79 Å². The summed E-state index contributed by atoms with van der Waals surface area (Å²) in [5.41, 5.74) is 0.675. The first-order valence-electron chi connectivity index (χ1n) is 2.75. The average molecular weight is 184 g/mol. The van der Waals surface area contributed by atoms with Gasteiger partial charge in [-0.15, -0.1) is 0 Å². The number of hydrogen-bond acceptors (Lipinski definition) is 3. The number of nitrogens with zero attached hydrogens (tertiary/aromatic N) is 2. The van der Waals surface area contributed by atoms with Crippen LogP contribution in [0, 0.1) is 0 Å². The van der Waals surface area contributed by atoms with E-state index in [1.54, 1.807) is 0 Å². The van der Waals surface area contributed by atoms with Crippen molar-refractivity contribution in [3.63, 3.8) is 0 Å². The second kappa shape index (κ2) is 5.16. The fourth-order valence-electron chi connectivity index (χ4n) is 0.783. The van der Waals surface area contributed by atoms with Crippen LogP contribution in [0.3, 0.4) is 0 Å². The van der Waals surface area contributed by atoms with Crippen molar-refractivity contribution in [3.8, 4) is 0 Å². The van der Waals surface area contributed by atoms with Gasteiger partial charge in [0.15, 0.2) is 11.2 Å². The third-order valence-corrected chi connectivity index (χ3v) is 1.24. The van der Waals surface area contributed by atoms with E-state index in [1.165, 1.54) is 12.7 Å². The van der Waals surface area contributed by atoms with Crippen molar-refractivity contribution in [2.75, 3.05) is 0 Å². The van der Waals surface area contributed by atoms with E-state index in [4.69, 9.17) is 0 Å². The van der Waals surface area contributed by atoms with E-state index in [0.29, 0.717) is 11.2 Å². The molecule has 0 aliphatic heterocycles. The summed E-state index contributed by atoms with van der Waals surface area (Å²) in [6, 6.07) is 0. The van der Waals surface area contributed by atoms with Crippen molar-refractivity contribution >= 4 is 70.3 Å². The van der Waals surface area contributed by atoms with E-state index >= 15 is 0 Å². The summed E-state index contributed by atoms with van der Waals surface area (Å²) in [4.78, 5) is 23.6. The molecule has 0 saturated carbocycles. The summed E-state index contributed by atoms with van der Waals surface area (Å²) in [6.07, 6.45) is 2.77. The monoisotopic (exact) mass is 184 g/mol. The Balaban J connectivity index is 0.000000605. The molecule has 0 saturated heterocycles. The molecule has 0 fully saturated rings. The Hall–Kier alpha value is 0.350. The minimum absolute atomic E-state index is 0. The second-order valence-electron chi connectivity index (χ2n) is 1.83. The molecule has 12 heavy (non-hydrogen) atoms. The van der Waals surface area contributed by atoms with E-state index in [2.05, 4.69) is 19.9 Å². The molecule has 54 valence electrons. The zero-order valence-corrected chi connectivity index (χ0v) is 4.96. The summed E-state index contributed by atoms with van der Waals surface area (Å²) in [6.45, 7) is 0. The fourth-order valence-corrected chi connectivity index (χ4v) is 0.783. The maximum atomic E-state index is 10.8. The first-order chi connectivity index (χ1) is 4.88. The Bertz CT molecular complexity index is 409. The molecule has 0 spiro atoms. The Kier molecular flexibility index (Phi) is 5.31. The Labute approximate surface area is 112 Å². The number of H-pyrrole nitrogens is 2.